The summed E-state index contributed by atoms with van der Waals surface area (Å²) in [7, 11) is -3.32. The minimum atomic E-state index is -3.32. The molecule has 0 radical (unpaired) electrons. The van der Waals surface area contributed by atoms with E-state index < -0.39 is 20.9 Å². The number of nitro groups is 1. The molecule has 0 heterocycles. The number of hydrogen-bond acceptors (Lipinski definition) is 6. The van der Waals surface area contributed by atoms with Crippen LogP contribution in [0.2, 0.25) is 0 Å². The van der Waals surface area contributed by atoms with Crippen molar-refractivity contribution >= 4 is 27.4 Å². The number of carboxylic acid groups (broad SMARTS) is 1. The Kier molecular flexibility index (Phi) is 5.22. The molecule has 0 aliphatic heterocycles. The van der Waals surface area contributed by atoms with Gasteiger partial charge in [0.25, 0.3) is 5.69 Å². The zero-order valence-electron chi connectivity index (χ0n) is 11.4. The molecule has 0 aromatic heterocycles. The van der Waals surface area contributed by atoms with Crippen molar-refractivity contribution in [2.75, 3.05) is 24.7 Å². The van der Waals surface area contributed by atoms with E-state index in [4.69, 9.17) is 5.11 Å². The lowest BCUT2D eigenvalue weighted by atomic mass is 10.1. The fourth-order valence-electron chi connectivity index (χ4n) is 1.63. The Morgan fingerprint density at radius 3 is 2.48 bits per heavy atom. The number of rotatable bonds is 7. The molecule has 9 nitrogen and oxygen atoms in total. The van der Waals surface area contributed by atoms with Gasteiger partial charge in [0, 0.05) is 30.4 Å². The van der Waals surface area contributed by atoms with Gasteiger partial charge in [-0.1, -0.05) is 0 Å². The number of sulfonamides is 1. The lowest BCUT2D eigenvalue weighted by Gasteiger charge is -2.11. The highest BCUT2D eigenvalue weighted by Crippen LogP contribution is 2.27. The third-order valence-electron chi connectivity index (χ3n) is 2.63. The maximum atomic E-state index is 11.0. The molecule has 0 spiro atoms. The van der Waals surface area contributed by atoms with Gasteiger partial charge in [-0.15, -0.1) is 0 Å². The van der Waals surface area contributed by atoms with Crippen molar-refractivity contribution in [3.05, 3.63) is 33.4 Å². The van der Waals surface area contributed by atoms with E-state index in [0.29, 0.717) is 0 Å². The lowest BCUT2D eigenvalue weighted by Crippen LogP contribution is -2.27. The third kappa shape index (κ3) is 5.00. The summed E-state index contributed by atoms with van der Waals surface area (Å²) in [4.78, 5) is 21.2. The third-order valence-corrected chi connectivity index (χ3v) is 3.36. The molecule has 0 aliphatic carbocycles. The Morgan fingerprint density at radius 1 is 1.38 bits per heavy atom. The minimum Gasteiger partial charge on any atom is -0.478 e. The Labute approximate surface area is 121 Å². The average molecular weight is 317 g/mol. The van der Waals surface area contributed by atoms with Crippen LogP contribution in [0.1, 0.15) is 15.9 Å². The fourth-order valence-corrected chi connectivity index (χ4v) is 2.10. The SMILES string of the molecule is Cc1c(NCCNS(C)(=O)=O)cc(C(=O)O)cc1[N+](=O)[O-]. The van der Waals surface area contributed by atoms with Crippen LogP contribution in [0, 0.1) is 17.0 Å². The second-order valence-electron chi connectivity index (χ2n) is 4.32. The van der Waals surface area contributed by atoms with Gasteiger partial charge in [0.2, 0.25) is 10.0 Å². The summed E-state index contributed by atoms with van der Waals surface area (Å²) in [5.74, 6) is -1.28. The van der Waals surface area contributed by atoms with Crippen LogP contribution in [0.3, 0.4) is 0 Å². The first-order chi connectivity index (χ1) is 9.61. The standard InChI is InChI=1S/C11H15N3O6S/c1-7-9(12-3-4-13-21(2,19)20)5-8(11(15)16)6-10(7)14(17)18/h5-6,12-13H,3-4H2,1-2H3,(H,15,16). The van der Waals surface area contributed by atoms with Crippen molar-refractivity contribution in [1.29, 1.82) is 0 Å². The molecule has 0 amide bonds. The van der Waals surface area contributed by atoms with Crippen LogP contribution >= 0.6 is 0 Å². The van der Waals surface area contributed by atoms with Gasteiger partial charge in [-0.05, 0) is 13.0 Å². The molecule has 1 rings (SSSR count). The summed E-state index contributed by atoms with van der Waals surface area (Å²) in [5, 5.41) is 22.6. The number of anilines is 1. The Hall–Kier alpha value is -2.20. The van der Waals surface area contributed by atoms with Gasteiger partial charge in [-0.3, -0.25) is 10.1 Å². The molecule has 1 aromatic rings. The van der Waals surface area contributed by atoms with E-state index in [9.17, 15) is 23.3 Å². The normalized spacial score (nSPS) is 11.1. The summed E-state index contributed by atoms with van der Waals surface area (Å²) in [6, 6.07) is 2.25. The highest BCUT2D eigenvalue weighted by atomic mass is 32.2. The maximum Gasteiger partial charge on any atom is 0.336 e. The van der Waals surface area contributed by atoms with E-state index in [1.54, 1.807) is 0 Å². The van der Waals surface area contributed by atoms with E-state index in [1.807, 2.05) is 0 Å². The largest absolute Gasteiger partial charge is 0.478 e. The van der Waals surface area contributed by atoms with Crippen molar-refractivity contribution in [1.82, 2.24) is 4.72 Å². The number of aromatic carboxylic acids is 1. The van der Waals surface area contributed by atoms with Crippen LogP contribution in [0.25, 0.3) is 0 Å². The maximum absolute atomic E-state index is 11.0. The molecule has 21 heavy (non-hydrogen) atoms. The zero-order valence-corrected chi connectivity index (χ0v) is 12.2. The van der Waals surface area contributed by atoms with Crippen molar-refractivity contribution in [3.63, 3.8) is 0 Å². The van der Waals surface area contributed by atoms with Gasteiger partial charge in [-0.25, -0.2) is 17.9 Å². The molecular weight excluding hydrogens is 302 g/mol. The van der Waals surface area contributed by atoms with E-state index in [0.717, 1.165) is 12.3 Å². The zero-order chi connectivity index (χ0) is 16.2. The smallest absolute Gasteiger partial charge is 0.336 e. The first-order valence-electron chi connectivity index (χ1n) is 5.82. The molecule has 3 N–H and O–H groups in total. The van der Waals surface area contributed by atoms with Crippen LogP contribution in [0.5, 0.6) is 0 Å². The molecule has 0 atom stereocenters. The van der Waals surface area contributed by atoms with Gasteiger partial charge >= 0.3 is 5.97 Å². The summed E-state index contributed by atoms with van der Waals surface area (Å²) in [5.41, 5.74) is 0.0283. The molecule has 1 aromatic carbocycles. The summed E-state index contributed by atoms with van der Waals surface area (Å²) < 4.78 is 24.0. The quantitative estimate of drug-likeness (QED) is 0.379. The van der Waals surface area contributed by atoms with Crippen molar-refractivity contribution in [2.45, 2.75) is 6.92 Å². The summed E-state index contributed by atoms with van der Waals surface area (Å²) >= 11 is 0. The Morgan fingerprint density at radius 2 is 2.00 bits per heavy atom. The molecule has 0 saturated heterocycles. The number of nitrogens with one attached hydrogen (secondary N) is 2. The van der Waals surface area contributed by atoms with Gasteiger partial charge in [0.1, 0.15) is 0 Å². The summed E-state index contributed by atoms with van der Waals surface area (Å²) in [6.07, 6.45) is 1.01. The number of nitrogens with zero attached hydrogens (tertiary/aromatic N) is 1. The van der Waals surface area contributed by atoms with Crippen LogP contribution in [0.4, 0.5) is 11.4 Å². The van der Waals surface area contributed by atoms with E-state index in [1.165, 1.54) is 13.0 Å². The van der Waals surface area contributed by atoms with Crippen molar-refractivity contribution in [2.24, 2.45) is 0 Å². The average Bonchev–Trinajstić information content (AvgIpc) is 2.34. The van der Waals surface area contributed by atoms with Crippen molar-refractivity contribution < 1.29 is 23.2 Å². The van der Waals surface area contributed by atoms with Crippen LogP contribution in [0.15, 0.2) is 12.1 Å². The Bertz CT molecular complexity index is 671. The monoisotopic (exact) mass is 317 g/mol. The molecule has 10 heteroatoms. The number of hydrogen-bond donors (Lipinski definition) is 3. The highest BCUT2D eigenvalue weighted by Gasteiger charge is 2.18. The lowest BCUT2D eigenvalue weighted by molar-refractivity contribution is -0.385. The van der Waals surface area contributed by atoms with Gasteiger partial charge in [0.05, 0.1) is 16.7 Å². The first-order valence-corrected chi connectivity index (χ1v) is 7.72. The van der Waals surface area contributed by atoms with Crippen LogP contribution < -0.4 is 10.0 Å². The molecule has 0 bridgehead atoms. The molecule has 0 saturated carbocycles. The number of carboxylic acids is 1. The van der Waals surface area contributed by atoms with E-state index >= 15 is 0 Å². The molecule has 116 valence electrons. The Balaban J connectivity index is 2.95. The van der Waals surface area contributed by atoms with Gasteiger partial charge in [0.15, 0.2) is 0 Å². The molecule has 0 unspecified atom stereocenters. The second-order valence-corrected chi connectivity index (χ2v) is 6.16. The fraction of sp³-hybridized carbons (Fsp3) is 0.364. The van der Waals surface area contributed by atoms with Crippen molar-refractivity contribution in [3.8, 4) is 0 Å². The van der Waals surface area contributed by atoms with E-state index in [2.05, 4.69) is 10.0 Å². The minimum absolute atomic E-state index is 0.0728. The predicted molar refractivity (Wildman–Crippen MR) is 76.1 cm³/mol. The summed E-state index contributed by atoms with van der Waals surface area (Å²) in [6.45, 7) is 1.72. The second kappa shape index (κ2) is 6.50. The van der Waals surface area contributed by atoms with Crippen LogP contribution in [-0.2, 0) is 10.0 Å². The first kappa shape index (κ1) is 16.9. The predicted octanol–water partition coefficient (Wildman–Crippen LogP) is 0.563. The topological polar surface area (TPSA) is 139 Å². The number of nitro benzene ring substituents is 1. The molecule has 0 aliphatic rings. The molecule has 0 fully saturated rings. The van der Waals surface area contributed by atoms with E-state index in [-0.39, 0.29) is 35.6 Å². The highest BCUT2D eigenvalue weighted by molar-refractivity contribution is 7.88. The van der Waals surface area contributed by atoms with Gasteiger partial charge < -0.3 is 10.4 Å². The number of carbonyl (C=O) groups is 1. The number of benzene rings is 1. The van der Waals surface area contributed by atoms with Gasteiger partial charge in [-0.2, -0.15) is 0 Å². The van der Waals surface area contributed by atoms with Crippen LogP contribution in [-0.4, -0.2) is 43.8 Å². The molecular formula is C11H15N3O6S.